The van der Waals surface area contributed by atoms with Crippen LogP contribution in [0.4, 0.5) is 5.69 Å². The third-order valence-electron chi connectivity index (χ3n) is 6.46. The number of halogens is 1. The second-order valence-corrected chi connectivity index (χ2v) is 11.7. The summed E-state index contributed by atoms with van der Waals surface area (Å²) in [6.07, 6.45) is 0.569. The van der Waals surface area contributed by atoms with Crippen LogP contribution in [0, 0.1) is 6.92 Å². The molecule has 0 spiro atoms. The van der Waals surface area contributed by atoms with Gasteiger partial charge < -0.3 is 9.47 Å². The highest BCUT2D eigenvalue weighted by molar-refractivity contribution is 7.90. The van der Waals surface area contributed by atoms with Crippen LogP contribution in [0.25, 0.3) is 10.9 Å². The van der Waals surface area contributed by atoms with Crippen LogP contribution in [0.3, 0.4) is 0 Å². The summed E-state index contributed by atoms with van der Waals surface area (Å²) in [7, 11) is -1.89. The number of rotatable bonds is 5. The van der Waals surface area contributed by atoms with E-state index in [-0.39, 0.29) is 17.9 Å². The Morgan fingerprint density at radius 2 is 1.74 bits per heavy atom. The first-order chi connectivity index (χ1) is 16.0. The number of carbonyl (C=O) groups is 1. The van der Waals surface area contributed by atoms with Crippen molar-refractivity contribution in [2.24, 2.45) is 7.05 Å². The van der Waals surface area contributed by atoms with E-state index < -0.39 is 27.4 Å². The molecule has 0 saturated carbocycles. The molecule has 1 aliphatic heterocycles. The number of hydrogen-bond donors (Lipinski definition) is 1. The molecule has 2 atom stereocenters. The molecule has 1 N–H and O–H groups in total. The zero-order chi connectivity index (χ0) is 24.8. The highest BCUT2D eigenvalue weighted by Crippen LogP contribution is 2.38. The van der Waals surface area contributed by atoms with E-state index in [1.54, 1.807) is 48.6 Å². The van der Waals surface area contributed by atoms with Crippen LogP contribution >= 0.6 is 11.6 Å². The van der Waals surface area contributed by atoms with Crippen molar-refractivity contribution in [3.63, 3.8) is 0 Å². The van der Waals surface area contributed by atoms with Gasteiger partial charge in [0.05, 0.1) is 16.8 Å². The monoisotopic (exact) mass is 501 g/mol. The molecule has 3 aromatic rings. The summed E-state index contributed by atoms with van der Waals surface area (Å²) in [5, 5.41) is 0.853. The second kappa shape index (κ2) is 9.17. The Morgan fingerprint density at radius 1 is 1.06 bits per heavy atom. The number of fused-ring (bicyclic) bond motifs is 1. The van der Waals surface area contributed by atoms with Crippen LogP contribution in [0.15, 0.2) is 53.3 Å². The Morgan fingerprint density at radius 3 is 2.38 bits per heavy atom. The van der Waals surface area contributed by atoms with Gasteiger partial charge in [-0.15, -0.1) is 0 Å². The molecule has 0 aliphatic carbocycles. The number of aryl methyl sites for hydroxylation is 2. The van der Waals surface area contributed by atoms with Crippen molar-refractivity contribution in [1.29, 1.82) is 0 Å². The predicted octanol–water partition coefficient (Wildman–Crippen LogP) is 4.06. The molecule has 34 heavy (non-hydrogen) atoms. The summed E-state index contributed by atoms with van der Waals surface area (Å²) in [6, 6.07) is 13.1. The molecule has 1 aromatic heterocycles. The summed E-state index contributed by atoms with van der Waals surface area (Å²) in [4.78, 5) is 27.3. The number of pyridine rings is 1. The Kier molecular flexibility index (Phi) is 6.59. The smallest absolute Gasteiger partial charge is 0.251 e. The maximum Gasteiger partial charge on any atom is 0.251 e. The molecular formula is C25H28ClN3O4S. The Balaban J connectivity index is 1.89. The number of aromatic nitrogens is 1. The van der Waals surface area contributed by atoms with E-state index in [0.717, 1.165) is 16.5 Å². The summed E-state index contributed by atoms with van der Waals surface area (Å²) in [6.45, 7) is 5.12. The van der Waals surface area contributed by atoms with Crippen LogP contribution in [0.1, 0.15) is 43.9 Å². The van der Waals surface area contributed by atoms with Gasteiger partial charge in [-0.25, -0.2) is 13.1 Å². The molecule has 4 rings (SSSR count). The number of nitrogens with zero attached hydrogens (tertiary/aromatic N) is 2. The van der Waals surface area contributed by atoms with Gasteiger partial charge in [0, 0.05) is 41.7 Å². The van der Waals surface area contributed by atoms with Crippen molar-refractivity contribution in [3.05, 3.63) is 75.0 Å². The molecule has 0 radical (unpaired) electrons. The molecule has 0 unspecified atom stereocenters. The quantitative estimate of drug-likeness (QED) is 0.571. The van der Waals surface area contributed by atoms with Crippen LogP contribution < -0.4 is 15.2 Å². The van der Waals surface area contributed by atoms with Gasteiger partial charge in [0.25, 0.3) is 5.56 Å². The first kappa shape index (κ1) is 24.4. The van der Waals surface area contributed by atoms with Gasteiger partial charge in [0.2, 0.25) is 15.9 Å². The first-order valence-electron chi connectivity index (χ1n) is 11.2. The third-order valence-corrected chi connectivity index (χ3v) is 8.59. The van der Waals surface area contributed by atoms with E-state index in [1.807, 2.05) is 37.3 Å². The molecule has 180 valence electrons. The van der Waals surface area contributed by atoms with Crippen molar-refractivity contribution in [3.8, 4) is 0 Å². The van der Waals surface area contributed by atoms with E-state index in [0.29, 0.717) is 22.6 Å². The second-order valence-electron chi connectivity index (χ2n) is 9.04. The van der Waals surface area contributed by atoms with Crippen LogP contribution in [0.2, 0.25) is 5.02 Å². The minimum absolute atomic E-state index is 0.114. The van der Waals surface area contributed by atoms with Crippen LogP contribution in [0.5, 0.6) is 0 Å². The van der Waals surface area contributed by atoms with Crippen molar-refractivity contribution < 1.29 is 13.2 Å². The number of piperidine rings is 1. The van der Waals surface area contributed by atoms with Gasteiger partial charge in [-0.3, -0.25) is 9.59 Å². The average molecular weight is 502 g/mol. The topological polar surface area (TPSA) is 88.5 Å². The lowest BCUT2D eigenvalue weighted by Gasteiger charge is -2.42. The van der Waals surface area contributed by atoms with E-state index in [1.165, 1.54) is 0 Å². The number of amides is 1. The molecule has 2 aromatic carbocycles. The highest BCUT2D eigenvalue weighted by Gasteiger charge is 2.40. The molecule has 1 amide bonds. The lowest BCUT2D eigenvalue weighted by Crippen LogP contribution is -2.53. The number of nitrogens with one attached hydrogen (secondary N) is 1. The summed E-state index contributed by atoms with van der Waals surface area (Å²) in [5.41, 5.74) is 2.80. The number of carbonyl (C=O) groups excluding carboxylic acids is 1. The normalized spacial score (nSPS) is 19.2. The Hall–Kier alpha value is -2.68. The number of benzene rings is 2. The number of hydrogen-bond acceptors (Lipinski definition) is 4. The summed E-state index contributed by atoms with van der Waals surface area (Å²) < 4.78 is 29.9. The van der Waals surface area contributed by atoms with Gasteiger partial charge in [0.15, 0.2) is 0 Å². The molecule has 1 aliphatic rings. The van der Waals surface area contributed by atoms with Crippen molar-refractivity contribution in [2.75, 3.05) is 4.90 Å². The number of sulfonamides is 1. The molecule has 0 bridgehead atoms. The Labute approximate surface area is 204 Å². The maximum absolute atomic E-state index is 13.3. The zero-order valence-corrected chi connectivity index (χ0v) is 21.2. The summed E-state index contributed by atoms with van der Waals surface area (Å²) >= 11 is 6.11. The van der Waals surface area contributed by atoms with E-state index in [9.17, 15) is 18.0 Å². The molecule has 7 nitrogen and oxygen atoms in total. The predicted molar refractivity (Wildman–Crippen MR) is 136 cm³/mol. The largest absolute Gasteiger partial charge is 0.311 e. The molecule has 9 heteroatoms. The lowest BCUT2D eigenvalue weighted by molar-refractivity contribution is -0.120. The third kappa shape index (κ3) is 4.50. The standard InChI is InChI=1S/C25H28ClN3O4S/c1-15(2)34(32,33)27-21-11-12-23(30)29(25(21)17-5-7-18(26)8-6-17)19-9-10-20-16(3)13-24(31)28(4)22(20)14-19/h5-10,13-15,21,25,27H,11-12H2,1-4H3/t21-,25+/m0/s1. The van der Waals surface area contributed by atoms with Gasteiger partial charge in [-0.2, -0.15) is 0 Å². The summed E-state index contributed by atoms with van der Waals surface area (Å²) in [5.74, 6) is -0.114. The average Bonchev–Trinajstić information content (AvgIpc) is 2.78. The maximum atomic E-state index is 13.3. The minimum atomic E-state index is -3.58. The van der Waals surface area contributed by atoms with Crippen molar-refractivity contribution >= 4 is 44.1 Å². The van der Waals surface area contributed by atoms with Gasteiger partial charge in [-0.1, -0.05) is 29.8 Å². The Bertz CT molecular complexity index is 1410. The molecule has 1 fully saturated rings. The fourth-order valence-electron chi connectivity index (χ4n) is 4.47. The SMILES string of the molecule is Cc1cc(=O)n(C)c2cc(N3C(=O)CC[C@H](NS(=O)(=O)C(C)C)[C@H]3c3ccc(Cl)cc3)ccc12. The number of anilines is 1. The fraction of sp³-hybridized carbons (Fsp3) is 0.360. The highest BCUT2D eigenvalue weighted by atomic mass is 35.5. The van der Waals surface area contributed by atoms with E-state index >= 15 is 0 Å². The minimum Gasteiger partial charge on any atom is -0.311 e. The molecular weight excluding hydrogens is 474 g/mol. The molecule has 1 saturated heterocycles. The van der Waals surface area contributed by atoms with E-state index in [4.69, 9.17) is 11.6 Å². The van der Waals surface area contributed by atoms with Crippen molar-refractivity contribution in [2.45, 2.75) is 50.9 Å². The van der Waals surface area contributed by atoms with Crippen LogP contribution in [-0.4, -0.2) is 30.2 Å². The van der Waals surface area contributed by atoms with E-state index in [2.05, 4.69) is 4.72 Å². The van der Waals surface area contributed by atoms with Gasteiger partial charge >= 0.3 is 0 Å². The lowest BCUT2D eigenvalue weighted by atomic mass is 9.90. The van der Waals surface area contributed by atoms with Crippen LogP contribution in [-0.2, 0) is 21.9 Å². The van der Waals surface area contributed by atoms with Gasteiger partial charge in [-0.05, 0) is 62.6 Å². The molecule has 2 heterocycles. The van der Waals surface area contributed by atoms with Crippen molar-refractivity contribution in [1.82, 2.24) is 9.29 Å². The van der Waals surface area contributed by atoms with Gasteiger partial charge in [0.1, 0.15) is 0 Å². The first-order valence-corrected chi connectivity index (χ1v) is 13.1. The fourth-order valence-corrected chi connectivity index (χ4v) is 5.53. The zero-order valence-electron chi connectivity index (χ0n) is 19.6.